The first-order chi connectivity index (χ1) is 17.5. The van der Waals surface area contributed by atoms with Gasteiger partial charge >= 0.3 is 11.9 Å². The maximum absolute atomic E-state index is 13.4. The summed E-state index contributed by atoms with van der Waals surface area (Å²) in [5.41, 5.74) is 2.68. The van der Waals surface area contributed by atoms with Crippen molar-refractivity contribution < 1.29 is 19.1 Å². The van der Waals surface area contributed by atoms with Gasteiger partial charge in [0.25, 0.3) is 0 Å². The zero-order valence-electron chi connectivity index (χ0n) is 25.6. The molecule has 5 aliphatic carbocycles. The fourth-order valence-corrected chi connectivity index (χ4v) is 11.3. The highest BCUT2D eigenvalue weighted by Gasteiger charge is 2.70. The van der Waals surface area contributed by atoms with E-state index in [4.69, 9.17) is 9.47 Å². The second kappa shape index (κ2) is 8.46. The molecule has 0 aromatic carbocycles. The Bertz CT molecular complexity index is 1080. The van der Waals surface area contributed by atoms with Crippen molar-refractivity contribution >= 4 is 11.9 Å². The van der Waals surface area contributed by atoms with Gasteiger partial charge in [0.05, 0.1) is 12.5 Å². The molecule has 4 saturated carbocycles. The lowest BCUT2D eigenvalue weighted by Gasteiger charge is -2.71. The standard InChI is InChI=1S/C34H52O4/c1-21-19-31(7)25(30(5,6)27(21)38-22(2)35)13-14-33(9)26(31)12-11-23-24-20-29(3,4)15-17-34(24,28(36)37-10)18-16-32(23,33)8/h11,24-27H,1,12-20H2,2-10H3/t24-,25-,26+,27-,31-,32+,33+,34-/m0/s1. The summed E-state index contributed by atoms with van der Waals surface area (Å²) in [5, 5.41) is 0. The van der Waals surface area contributed by atoms with Gasteiger partial charge in [-0.05, 0) is 103 Å². The average molecular weight is 525 g/mol. The van der Waals surface area contributed by atoms with Crippen LogP contribution in [-0.2, 0) is 19.1 Å². The van der Waals surface area contributed by atoms with Gasteiger partial charge in [-0.2, -0.15) is 0 Å². The van der Waals surface area contributed by atoms with E-state index >= 15 is 0 Å². The Balaban J connectivity index is 1.58. The molecule has 0 aromatic heterocycles. The third-order valence-electron chi connectivity index (χ3n) is 13.3. The zero-order chi connectivity index (χ0) is 28.1. The number of carbonyl (C=O) groups excluding carboxylic acids is 2. The van der Waals surface area contributed by atoms with Gasteiger partial charge in [0.15, 0.2) is 0 Å². The minimum Gasteiger partial charge on any atom is -0.469 e. The van der Waals surface area contributed by atoms with Gasteiger partial charge in [-0.3, -0.25) is 9.59 Å². The molecule has 0 spiro atoms. The van der Waals surface area contributed by atoms with E-state index in [0.29, 0.717) is 11.8 Å². The minimum atomic E-state index is -0.363. The first kappa shape index (κ1) is 28.0. The number of fused-ring (bicyclic) bond motifs is 7. The van der Waals surface area contributed by atoms with Crippen LogP contribution in [0.2, 0.25) is 0 Å². The molecule has 0 aromatic rings. The van der Waals surface area contributed by atoms with Crippen molar-refractivity contribution in [2.24, 2.45) is 50.2 Å². The lowest BCUT2D eigenvalue weighted by Crippen LogP contribution is -2.65. The van der Waals surface area contributed by atoms with Crippen LogP contribution in [0.5, 0.6) is 0 Å². The van der Waals surface area contributed by atoms with Gasteiger partial charge in [0.2, 0.25) is 0 Å². The van der Waals surface area contributed by atoms with Crippen LogP contribution in [-0.4, -0.2) is 25.2 Å². The number of carbonyl (C=O) groups is 2. The molecule has 4 nitrogen and oxygen atoms in total. The van der Waals surface area contributed by atoms with Gasteiger partial charge in [-0.15, -0.1) is 0 Å². The van der Waals surface area contributed by atoms with E-state index in [1.807, 2.05) is 0 Å². The van der Waals surface area contributed by atoms with Gasteiger partial charge in [0, 0.05) is 12.3 Å². The van der Waals surface area contributed by atoms with Crippen LogP contribution in [0.15, 0.2) is 23.8 Å². The summed E-state index contributed by atoms with van der Waals surface area (Å²) in [4.78, 5) is 25.5. The third-order valence-corrected chi connectivity index (χ3v) is 13.3. The molecular formula is C34H52O4. The molecule has 5 rings (SSSR count). The van der Waals surface area contributed by atoms with Gasteiger partial charge in [0.1, 0.15) is 6.10 Å². The number of esters is 2. The molecule has 5 aliphatic rings. The van der Waals surface area contributed by atoms with E-state index in [9.17, 15) is 9.59 Å². The van der Waals surface area contributed by atoms with E-state index < -0.39 is 0 Å². The summed E-state index contributed by atoms with van der Waals surface area (Å²) in [7, 11) is 1.58. The van der Waals surface area contributed by atoms with Crippen LogP contribution < -0.4 is 0 Å². The maximum Gasteiger partial charge on any atom is 0.312 e. The number of allylic oxidation sites excluding steroid dienone is 2. The average Bonchev–Trinajstić information content (AvgIpc) is 2.81. The molecule has 0 amide bonds. The molecule has 0 bridgehead atoms. The second-order valence-corrected chi connectivity index (χ2v) is 16.0. The van der Waals surface area contributed by atoms with E-state index in [-0.39, 0.29) is 56.5 Å². The van der Waals surface area contributed by atoms with E-state index in [2.05, 4.69) is 61.1 Å². The topological polar surface area (TPSA) is 52.6 Å². The van der Waals surface area contributed by atoms with E-state index in [1.165, 1.54) is 13.3 Å². The molecule has 0 saturated heterocycles. The highest BCUT2D eigenvalue weighted by molar-refractivity contribution is 5.78. The predicted octanol–water partition coefficient (Wildman–Crippen LogP) is 8.06. The third kappa shape index (κ3) is 3.53. The van der Waals surface area contributed by atoms with Crippen molar-refractivity contribution in [2.75, 3.05) is 7.11 Å². The molecule has 0 heterocycles. The fraction of sp³-hybridized carbons (Fsp3) is 0.824. The predicted molar refractivity (Wildman–Crippen MR) is 151 cm³/mol. The van der Waals surface area contributed by atoms with Gasteiger partial charge < -0.3 is 9.47 Å². The fourth-order valence-electron chi connectivity index (χ4n) is 11.3. The van der Waals surface area contributed by atoms with Crippen LogP contribution in [0.3, 0.4) is 0 Å². The van der Waals surface area contributed by atoms with E-state index in [1.54, 1.807) is 12.7 Å². The Kier molecular flexibility index (Phi) is 6.23. The molecule has 8 atom stereocenters. The second-order valence-electron chi connectivity index (χ2n) is 16.0. The lowest BCUT2D eigenvalue weighted by molar-refractivity contribution is -0.201. The SMILES string of the molecule is C=C1C[C@]2(C)[C@H]3CC=C4[C@@H]5CC(C)(C)CC[C@]5(C(=O)OC)CC[C@@]4(C)[C@]3(C)CC[C@H]2C(C)(C)[C@H]1OC(C)=O. The van der Waals surface area contributed by atoms with E-state index in [0.717, 1.165) is 56.9 Å². The molecule has 0 N–H and O–H groups in total. The summed E-state index contributed by atoms with van der Waals surface area (Å²) in [5.74, 6) is 1.07. The maximum atomic E-state index is 13.4. The highest BCUT2D eigenvalue weighted by Crippen LogP contribution is 2.76. The highest BCUT2D eigenvalue weighted by atomic mass is 16.5. The summed E-state index contributed by atoms with van der Waals surface area (Å²) >= 11 is 0. The van der Waals surface area contributed by atoms with Crippen LogP contribution in [0.1, 0.15) is 113 Å². The molecule has 0 radical (unpaired) electrons. The number of hydrogen-bond acceptors (Lipinski definition) is 4. The Labute approximate surface area is 231 Å². The molecule has 212 valence electrons. The number of methoxy groups -OCH3 is 1. The lowest BCUT2D eigenvalue weighted by atomic mass is 9.33. The van der Waals surface area contributed by atoms with Crippen molar-refractivity contribution in [3.05, 3.63) is 23.8 Å². The van der Waals surface area contributed by atoms with Crippen LogP contribution >= 0.6 is 0 Å². The van der Waals surface area contributed by atoms with Crippen molar-refractivity contribution in [3.63, 3.8) is 0 Å². The normalized spacial score (nSPS) is 46.9. The van der Waals surface area contributed by atoms with Gasteiger partial charge in [-0.25, -0.2) is 0 Å². The molecule has 0 unspecified atom stereocenters. The molecule has 38 heavy (non-hydrogen) atoms. The molecule has 0 aliphatic heterocycles. The van der Waals surface area contributed by atoms with Crippen LogP contribution in [0, 0.1) is 50.2 Å². The summed E-state index contributed by atoms with van der Waals surface area (Å²) in [6, 6.07) is 0. The Hall–Kier alpha value is -1.58. The first-order valence-electron chi connectivity index (χ1n) is 15.1. The van der Waals surface area contributed by atoms with Crippen LogP contribution in [0.4, 0.5) is 0 Å². The number of hydrogen-bond donors (Lipinski definition) is 0. The smallest absolute Gasteiger partial charge is 0.312 e. The van der Waals surface area contributed by atoms with Gasteiger partial charge in [-0.1, -0.05) is 66.7 Å². The summed E-state index contributed by atoms with van der Waals surface area (Å²) < 4.78 is 11.4. The zero-order valence-corrected chi connectivity index (χ0v) is 25.6. The van der Waals surface area contributed by atoms with Crippen molar-refractivity contribution in [3.8, 4) is 0 Å². The van der Waals surface area contributed by atoms with Crippen LogP contribution in [0.25, 0.3) is 0 Å². The van der Waals surface area contributed by atoms with Crippen molar-refractivity contribution in [2.45, 2.75) is 119 Å². The van der Waals surface area contributed by atoms with Crippen molar-refractivity contribution in [1.29, 1.82) is 0 Å². The summed E-state index contributed by atoms with van der Waals surface area (Å²) in [6.45, 7) is 23.0. The first-order valence-corrected chi connectivity index (χ1v) is 15.1. The minimum absolute atomic E-state index is 0.0192. The Morgan fingerprint density at radius 1 is 0.947 bits per heavy atom. The quantitative estimate of drug-likeness (QED) is 0.271. The number of rotatable bonds is 2. The molecule has 4 heteroatoms. The summed E-state index contributed by atoms with van der Waals surface area (Å²) in [6.07, 6.45) is 11.8. The molecule has 4 fully saturated rings. The Morgan fingerprint density at radius 3 is 2.24 bits per heavy atom. The monoisotopic (exact) mass is 524 g/mol. The number of ether oxygens (including phenoxy) is 2. The largest absolute Gasteiger partial charge is 0.469 e. The molecular weight excluding hydrogens is 472 g/mol. The Morgan fingerprint density at radius 2 is 1.61 bits per heavy atom. The van der Waals surface area contributed by atoms with Crippen molar-refractivity contribution in [1.82, 2.24) is 0 Å².